The second kappa shape index (κ2) is 12.4. The first-order valence-corrected chi connectivity index (χ1v) is 12.7. The van der Waals surface area contributed by atoms with Crippen molar-refractivity contribution in [2.24, 2.45) is 4.99 Å². The second-order valence-electron chi connectivity index (χ2n) is 7.84. The van der Waals surface area contributed by atoms with E-state index in [0.717, 1.165) is 3.57 Å². The number of carbonyl (C=O) groups excluding carboxylic acids is 2. The molecule has 0 saturated carbocycles. The van der Waals surface area contributed by atoms with Gasteiger partial charge in [0.25, 0.3) is 5.91 Å². The molecule has 0 aliphatic carbocycles. The molecule has 12 nitrogen and oxygen atoms in total. The average molecular weight is 723 g/mol. The maximum atomic E-state index is 12.6. The van der Waals surface area contributed by atoms with Gasteiger partial charge in [-0.05, 0) is 69.4 Å². The van der Waals surface area contributed by atoms with Crippen LogP contribution in [0.5, 0.6) is 11.5 Å². The molecule has 0 bridgehead atoms. The fourth-order valence-electron chi connectivity index (χ4n) is 3.34. The van der Waals surface area contributed by atoms with Crippen LogP contribution in [0.2, 0.25) is 0 Å². The summed E-state index contributed by atoms with van der Waals surface area (Å²) in [6.45, 7) is 0.0366. The fraction of sp³-hybridized carbons (Fsp3) is 0.273. The Hall–Kier alpha value is -2.86. The molecule has 3 rings (SSSR count). The van der Waals surface area contributed by atoms with Crippen LogP contribution in [0.1, 0.15) is 28.4 Å². The number of rotatable bonds is 8. The van der Waals surface area contributed by atoms with Gasteiger partial charge in [-0.1, -0.05) is 0 Å². The number of carbonyl (C=O) groups is 3. The molecular weight excluding hydrogens is 700 g/mol. The Morgan fingerprint density at radius 2 is 1.89 bits per heavy atom. The third kappa shape index (κ3) is 7.82. The lowest BCUT2D eigenvalue weighted by Crippen LogP contribution is -2.42. The van der Waals surface area contributed by atoms with E-state index in [9.17, 15) is 34.8 Å². The lowest BCUT2D eigenvalue weighted by atomic mass is 10.0. The van der Waals surface area contributed by atoms with Crippen molar-refractivity contribution in [3.63, 3.8) is 0 Å². The van der Waals surface area contributed by atoms with Crippen molar-refractivity contribution in [1.29, 1.82) is 0 Å². The highest BCUT2D eigenvalue weighted by atomic mass is 127. The maximum absolute atomic E-state index is 12.6. The van der Waals surface area contributed by atoms with Crippen LogP contribution < -0.4 is 21.3 Å². The molecule has 0 saturated heterocycles. The van der Waals surface area contributed by atoms with Crippen LogP contribution in [-0.4, -0.2) is 69.9 Å². The molecule has 1 unspecified atom stereocenters. The molecule has 192 valence electrons. The van der Waals surface area contributed by atoms with E-state index in [4.69, 9.17) is 0 Å². The number of aliphatic hydroxyl groups is 1. The number of hydrogen-bond acceptors (Lipinski definition) is 9. The number of aliphatic carboxylic acids is 1. The van der Waals surface area contributed by atoms with E-state index < -0.39 is 42.9 Å². The minimum Gasteiger partial charge on any atom is -0.508 e. The van der Waals surface area contributed by atoms with Gasteiger partial charge in [-0.2, -0.15) is 0 Å². The van der Waals surface area contributed by atoms with Crippen LogP contribution in [0.4, 0.5) is 5.69 Å². The molecule has 0 radical (unpaired) electrons. The Kier molecular flexibility index (Phi) is 9.55. The van der Waals surface area contributed by atoms with Crippen molar-refractivity contribution in [1.82, 2.24) is 16.0 Å². The fourth-order valence-corrected chi connectivity index (χ4v) is 5.23. The molecule has 1 heterocycles. The van der Waals surface area contributed by atoms with Gasteiger partial charge < -0.3 is 41.7 Å². The van der Waals surface area contributed by atoms with Gasteiger partial charge in [-0.15, -0.1) is 0 Å². The number of phenolic OH excluding ortho intramolecular Hbond substituents is 2. The summed E-state index contributed by atoms with van der Waals surface area (Å²) in [6, 6.07) is 6.31. The Labute approximate surface area is 232 Å². The Morgan fingerprint density at radius 3 is 2.56 bits per heavy atom. The van der Waals surface area contributed by atoms with E-state index in [1.807, 2.05) is 45.2 Å². The van der Waals surface area contributed by atoms with Gasteiger partial charge in [0.15, 0.2) is 5.96 Å². The number of halogens is 2. The van der Waals surface area contributed by atoms with E-state index in [0.29, 0.717) is 21.8 Å². The number of aliphatic imine (C=N–C) groups is 1. The number of aliphatic hydroxyl groups excluding tert-OH is 1. The van der Waals surface area contributed by atoms with Crippen molar-refractivity contribution in [2.75, 3.05) is 25.0 Å². The topological polar surface area (TPSA) is 193 Å². The molecular formula is C22H23I2N5O7. The predicted octanol–water partition coefficient (Wildman–Crippen LogP) is 1.10. The number of benzene rings is 2. The summed E-state index contributed by atoms with van der Waals surface area (Å²) in [7, 11) is 0. The van der Waals surface area contributed by atoms with Crippen LogP contribution >= 0.6 is 45.2 Å². The summed E-state index contributed by atoms with van der Waals surface area (Å²) in [5.74, 6) is -2.45. The zero-order valence-electron chi connectivity index (χ0n) is 18.6. The number of nitrogens with zero attached hydrogens (tertiary/aromatic N) is 1. The molecule has 14 heteroatoms. The Bertz CT molecular complexity index is 1210. The molecule has 2 aromatic rings. The third-order valence-electron chi connectivity index (χ3n) is 4.96. The van der Waals surface area contributed by atoms with Gasteiger partial charge in [0, 0.05) is 33.0 Å². The van der Waals surface area contributed by atoms with Gasteiger partial charge in [-0.3, -0.25) is 19.4 Å². The molecule has 2 aromatic carbocycles. The van der Waals surface area contributed by atoms with Crippen molar-refractivity contribution in [3.8, 4) is 11.5 Å². The Morgan fingerprint density at radius 1 is 1.14 bits per heavy atom. The van der Waals surface area contributed by atoms with E-state index in [1.165, 1.54) is 18.2 Å². The largest absolute Gasteiger partial charge is 0.508 e. The summed E-state index contributed by atoms with van der Waals surface area (Å²) < 4.78 is 1.26. The number of aromatic hydroxyl groups is 2. The first kappa shape index (κ1) is 27.7. The molecule has 2 atom stereocenters. The van der Waals surface area contributed by atoms with Crippen molar-refractivity contribution in [3.05, 3.63) is 48.6 Å². The molecule has 8 N–H and O–H groups in total. The maximum Gasteiger partial charge on any atom is 0.305 e. The summed E-state index contributed by atoms with van der Waals surface area (Å²) in [4.78, 5) is 40.6. The highest BCUT2D eigenvalue weighted by molar-refractivity contribution is 14.1. The van der Waals surface area contributed by atoms with Crippen LogP contribution in [-0.2, 0) is 9.59 Å². The number of guanidine groups is 1. The highest BCUT2D eigenvalue weighted by Crippen LogP contribution is 2.33. The second-order valence-corrected chi connectivity index (χ2v) is 10.3. The lowest BCUT2D eigenvalue weighted by molar-refractivity contribution is -0.137. The number of anilines is 1. The number of amides is 2. The van der Waals surface area contributed by atoms with E-state index >= 15 is 0 Å². The van der Waals surface area contributed by atoms with Gasteiger partial charge >= 0.3 is 5.97 Å². The quantitative estimate of drug-likeness (QED) is 0.184. The first-order chi connectivity index (χ1) is 17.0. The lowest BCUT2D eigenvalue weighted by Gasteiger charge is -2.20. The van der Waals surface area contributed by atoms with E-state index in [1.54, 1.807) is 12.1 Å². The number of β-amino-alcohol motifs (C(OH)–C–C–N with tert-alkyl or cyclic N) is 1. The molecule has 1 aliphatic rings. The van der Waals surface area contributed by atoms with Crippen LogP contribution in [0, 0.1) is 7.14 Å². The number of phenols is 2. The van der Waals surface area contributed by atoms with Gasteiger partial charge in [0.05, 0.1) is 35.2 Å². The first-order valence-electron chi connectivity index (χ1n) is 10.6. The van der Waals surface area contributed by atoms with E-state index in [-0.39, 0.29) is 29.2 Å². The van der Waals surface area contributed by atoms with Crippen molar-refractivity contribution >= 4 is 74.6 Å². The molecule has 2 amide bonds. The van der Waals surface area contributed by atoms with Gasteiger partial charge in [0.2, 0.25) is 5.91 Å². The molecule has 0 aromatic heterocycles. The zero-order chi connectivity index (χ0) is 26.4. The molecule has 1 aliphatic heterocycles. The van der Waals surface area contributed by atoms with E-state index in [2.05, 4.69) is 26.3 Å². The summed E-state index contributed by atoms with van der Waals surface area (Å²) in [5, 5.41) is 49.9. The van der Waals surface area contributed by atoms with Gasteiger partial charge in [-0.25, -0.2) is 0 Å². The van der Waals surface area contributed by atoms with Crippen LogP contribution in [0.25, 0.3) is 0 Å². The normalized spacial score (nSPS) is 15.8. The number of hydrogen-bond donors (Lipinski definition) is 8. The summed E-state index contributed by atoms with van der Waals surface area (Å²) in [6.07, 6.45) is -1.07. The Balaban J connectivity index is 1.66. The number of carboxylic acid groups (broad SMARTS) is 1. The van der Waals surface area contributed by atoms with Crippen molar-refractivity contribution < 1.29 is 34.8 Å². The number of carboxylic acids is 1. The molecule has 0 spiro atoms. The SMILES string of the molecule is O=C(O)C[C@H](NC(=O)CNC(=O)c1cc(O)cc(NC2=NCC(O)CN2)c1)c1cc(I)cc(I)c1O. The third-order valence-corrected chi connectivity index (χ3v) is 6.41. The minimum absolute atomic E-state index is 0.0636. The zero-order valence-corrected chi connectivity index (χ0v) is 22.9. The predicted molar refractivity (Wildman–Crippen MR) is 147 cm³/mol. The summed E-state index contributed by atoms with van der Waals surface area (Å²) in [5.41, 5.74) is 0.676. The minimum atomic E-state index is -1.18. The van der Waals surface area contributed by atoms with Gasteiger partial charge in [0.1, 0.15) is 11.5 Å². The van der Waals surface area contributed by atoms with Crippen LogP contribution in [0.3, 0.4) is 0 Å². The smallest absolute Gasteiger partial charge is 0.305 e. The molecule has 0 fully saturated rings. The average Bonchev–Trinajstić information content (AvgIpc) is 2.80. The standard InChI is InChI=1S/C22H23I2N5O7/c23-11-3-15(20(35)16(24)4-11)17(6-19(33)34)29-18(32)9-25-21(36)10-1-12(5-13(30)2-10)28-22-26-7-14(31)8-27-22/h1-5,14,17,30-31,35H,6-9H2,(H,25,36)(H,29,32)(H,33,34)(H2,26,27,28)/t17-/m0/s1. The molecule has 36 heavy (non-hydrogen) atoms. The summed E-state index contributed by atoms with van der Waals surface area (Å²) >= 11 is 3.93. The monoisotopic (exact) mass is 723 g/mol. The number of nitrogens with one attached hydrogen (secondary N) is 4. The van der Waals surface area contributed by atoms with Crippen molar-refractivity contribution in [2.45, 2.75) is 18.6 Å². The van der Waals surface area contributed by atoms with Crippen LogP contribution in [0.15, 0.2) is 35.3 Å². The highest BCUT2D eigenvalue weighted by Gasteiger charge is 2.23.